The quantitative estimate of drug-likeness (QED) is 0.129. The summed E-state index contributed by atoms with van der Waals surface area (Å²) in [7, 11) is -5.43. The number of unbranched alkanes of at least 4 members (excludes halogenated alkanes) is 1. The van der Waals surface area contributed by atoms with Crippen molar-refractivity contribution in [1.82, 2.24) is 9.97 Å². The third-order valence-corrected chi connectivity index (χ3v) is 7.56. The van der Waals surface area contributed by atoms with E-state index in [0.717, 1.165) is 51.4 Å². The largest absolute Gasteiger partial charge is 0.494 e. The molecule has 0 saturated heterocycles. The van der Waals surface area contributed by atoms with Crippen molar-refractivity contribution in [3.63, 3.8) is 0 Å². The number of ether oxygens (including phenoxy) is 1. The summed E-state index contributed by atoms with van der Waals surface area (Å²) < 4.78 is 43.2. The summed E-state index contributed by atoms with van der Waals surface area (Å²) in [6, 6.07) is 13.9. The number of alkyl halides is 2. The van der Waals surface area contributed by atoms with Crippen molar-refractivity contribution in [2.75, 3.05) is 12.3 Å². The number of rotatable bonds is 10. The smallest absolute Gasteiger partial charge is 0.394 e. The predicted molar refractivity (Wildman–Crippen MR) is 141 cm³/mol. The number of aromatic nitrogens is 2. The molecule has 4 aromatic rings. The highest BCUT2D eigenvalue weighted by atomic mass is 31.2. The van der Waals surface area contributed by atoms with Gasteiger partial charge in [0.1, 0.15) is 11.3 Å². The average Bonchev–Trinajstić information content (AvgIpc) is 2.82. The minimum Gasteiger partial charge on any atom is -0.494 e. The van der Waals surface area contributed by atoms with E-state index >= 15 is 0 Å². The Kier molecular flexibility index (Phi) is 7.78. The van der Waals surface area contributed by atoms with Crippen LogP contribution >= 0.6 is 7.60 Å². The maximum atomic E-state index is 13.4. The molecule has 4 rings (SSSR count). The van der Waals surface area contributed by atoms with Crippen molar-refractivity contribution in [3.05, 3.63) is 70.9 Å². The Balaban J connectivity index is 1.41. The Hall–Kier alpha value is -3.13. The summed E-state index contributed by atoms with van der Waals surface area (Å²) in [5.41, 5.74) is 8.23. The highest BCUT2D eigenvalue weighted by Gasteiger charge is 2.47. The van der Waals surface area contributed by atoms with Gasteiger partial charge in [0.25, 0.3) is 0 Å². The van der Waals surface area contributed by atoms with E-state index in [4.69, 9.17) is 20.3 Å². The van der Waals surface area contributed by atoms with E-state index in [-0.39, 0.29) is 19.4 Å². The van der Waals surface area contributed by atoms with Crippen molar-refractivity contribution in [1.29, 1.82) is 0 Å². The van der Waals surface area contributed by atoms with Crippen molar-refractivity contribution >= 4 is 35.2 Å². The molecule has 2 aromatic heterocycles. The number of nitrogens with two attached hydrogens (primary N) is 1. The van der Waals surface area contributed by atoms with Gasteiger partial charge in [-0.15, -0.1) is 0 Å². The van der Waals surface area contributed by atoms with Crippen LogP contribution in [0.15, 0.2) is 48.7 Å². The van der Waals surface area contributed by atoms with E-state index in [9.17, 15) is 13.3 Å². The Bertz CT molecular complexity index is 1490. The highest BCUT2D eigenvalue weighted by molar-refractivity contribution is 7.53. The molecule has 0 bridgehead atoms. The number of fused-ring (bicyclic) bond motifs is 3. The van der Waals surface area contributed by atoms with Gasteiger partial charge in [-0.1, -0.05) is 18.2 Å². The summed E-state index contributed by atoms with van der Waals surface area (Å²) in [4.78, 5) is 26.4. The number of hydrogen-bond donors (Lipinski definition) is 3. The van der Waals surface area contributed by atoms with E-state index in [1.165, 1.54) is 0 Å². The fourth-order valence-electron chi connectivity index (χ4n) is 4.42. The van der Waals surface area contributed by atoms with Crippen LogP contribution in [-0.2, 0) is 17.4 Å². The molecule has 4 N–H and O–H groups in total. The van der Waals surface area contributed by atoms with Gasteiger partial charge in [0.15, 0.2) is 5.82 Å². The SMILES string of the molecule is Cc1ccc2c(c1)nc(N)c1nccc(CCc3ccc(OCCCCC(F)(F)P(=O)(O)O)cc3C)c12. The van der Waals surface area contributed by atoms with Crippen molar-refractivity contribution in [2.24, 2.45) is 0 Å². The maximum absolute atomic E-state index is 13.4. The van der Waals surface area contributed by atoms with Crippen LogP contribution in [0, 0.1) is 13.8 Å². The first-order valence-electron chi connectivity index (χ1n) is 12.1. The number of anilines is 1. The fourth-order valence-corrected chi connectivity index (χ4v) is 4.87. The number of aryl methyl sites for hydroxylation is 4. The monoisotopic (exact) mass is 529 g/mol. The second-order valence-electron chi connectivity index (χ2n) is 9.32. The van der Waals surface area contributed by atoms with E-state index in [1.54, 1.807) is 6.20 Å². The first-order chi connectivity index (χ1) is 17.5. The number of benzene rings is 2. The highest BCUT2D eigenvalue weighted by Crippen LogP contribution is 2.55. The lowest BCUT2D eigenvalue weighted by molar-refractivity contribution is 0.0468. The molecule has 0 spiro atoms. The molecule has 0 atom stereocenters. The number of nitrogen functional groups attached to an aromatic ring is 1. The zero-order valence-corrected chi connectivity index (χ0v) is 21.6. The zero-order valence-electron chi connectivity index (χ0n) is 20.7. The minimum atomic E-state index is -5.43. The summed E-state index contributed by atoms with van der Waals surface area (Å²) in [6.45, 7) is 4.20. The van der Waals surface area contributed by atoms with Crippen LogP contribution in [0.25, 0.3) is 21.8 Å². The van der Waals surface area contributed by atoms with Gasteiger partial charge in [0.05, 0.1) is 12.1 Å². The van der Waals surface area contributed by atoms with Gasteiger partial charge >= 0.3 is 13.3 Å². The number of halogens is 2. The molecule has 196 valence electrons. The lowest BCUT2D eigenvalue weighted by atomic mass is 9.96. The zero-order chi connectivity index (χ0) is 26.8. The predicted octanol–water partition coefficient (Wildman–Crippen LogP) is 6.09. The van der Waals surface area contributed by atoms with E-state index in [0.29, 0.717) is 17.1 Å². The molecule has 0 radical (unpaired) electrons. The van der Waals surface area contributed by atoms with E-state index in [1.807, 2.05) is 44.2 Å². The van der Waals surface area contributed by atoms with Crippen LogP contribution in [0.2, 0.25) is 0 Å². The topological polar surface area (TPSA) is 119 Å². The van der Waals surface area contributed by atoms with Gasteiger partial charge in [0, 0.05) is 23.4 Å². The molecule has 10 heteroatoms. The van der Waals surface area contributed by atoms with Gasteiger partial charge in [-0.25, -0.2) is 4.98 Å². The van der Waals surface area contributed by atoms with Gasteiger partial charge in [-0.05, 0) is 86.1 Å². The van der Waals surface area contributed by atoms with Crippen molar-refractivity contribution < 1.29 is 27.9 Å². The molecule has 0 aliphatic carbocycles. The Labute approximate surface area is 213 Å². The van der Waals surface area contributed by atoms with Crippen LogP contribution in [-0.4, -0.2) is 32.0 Å². The van der Waals surface area contributed by atoms with E-state index in [2.05, 4.69) is 22.1 Å². The van der Waals surface area contributed by atoms with Crippen LogP contribution < -0.4 is 10.5 Å². The van der Waals surface area contributed by atoms with Crippen LogP contribution in [0.3, 0.4) is 0 Å². The van der Waals surface area contributed by atoms with Crippen LogP contribution in [0.4, 0.5) is 14.6 Å². The van der Waals surface area contributed by atoms with Gasteiger partial charge < -0.3 is 20.3 Å². The van der Waals surface area contributed by atoms with Crippen LogP contribution in [0.5, 0.6) is 5.75 Å². The molecule has 2 aromatic carbocycles. The lowest BCUT2D eigenvalue weighted by Gasteiger charge is -2.17. The van der Waals surface area contributed by atoms with Crippen molar-refractivity contribution in [3.8, 4) is 5.75 Å². The molecule has 0 saturated carbocycles. The Morgan fingerprint density at radius 3 is 2.51 bits per heavy atom. The summed E-state index contributed by atoms with van der Waals surface area (Å²) in [5, 5.41) is 2.05. The number of hydrogen-bond acceptors (Lipinski definition) is 5. The molecule has 0 unspecified atom stereocenters. The normalized spacial score (nSPS) is 12.4. The Morgan fingerprint density at radius 1 is 1.03 bits per heavy atom. The van der Waals surface area contributed by atoms with Gasteiger partial charge in [0.2, 0.25) is 0 Å². The standard InChI is InChI=1S/C27H30F2N3O4P/c1-17-5-10-22-23(15-17)32-26(30)25-24(22)20(11-13-31-25)7-6-19-8-9-21(16-18(19)2)36-14-4-3-12-27(28,29)37(33,34)35/h5,8-11,13,15-16H,3-4,6-7,12,14H2,1-2H3,(H2,30,32)(H2,33,34,35). The molecule has 0 fully saturated rings. The molecule has 2 heterocycles. The number of nitrogens with zero attached hydrogens (tertiary/aromatic N) is 2. The third-order valence-electron chi connectivity index (χ3n) is 6.49. The molecule has 0 aliphatic heterocycles. The molecular formula is C27H30F2N3O4P. The summed E-state index contributed by atoms with van der Waals surface area (Å²) in [6.07, 6.45) is 2.66. The molecule has 37 heavy (non-hydrogen) atoms. The first kappa shape index (κ1) is 26.9. The number of pyridine rings is 2. The van der Waals surface area contributed by atoms with E-state index < -0.39 is 19.7 Å². The third kappa shape index (κ3) is 6.06. The summed E-state index contributed by atoms with van der Waals surface area (Å²) in [5.74, 6) is 1.04. The minimum absolute atomic E-state index is 0.0522. The molecular weight excluding hydrogens is 499 g/mol. The average molecular weight is 530 g/mol. The first-order valence-corrected chi connectivity index (χ1v) is 13.7. The lowest BCUT2D eigenvalue weighted by Crippen LogP contribution is -2.16. The molecule has 0 amide bonds. The second-order valence-corrected chi connectivity index (χ2v) is 11.1. The molecule has 0 aliphatic rings. The van der Waals surface area contributed by atoms with Gasteiger partial charge in [-0.2, -0.15) is 8.78 Å². The molecule has 7 nitrogen and oxygen atoms in total. The summed E-state index contributed by atoms with van der Waals surface area (Å²) >= 11 is 0. The Morgan fingerprint density at radius 2 is 1.78 bits per heavy atom. The van der Waals surface area contributed by atoms with Gasteiger partial charge in [-0.3, -0.25) is 9.55 Å². The second kappa shape index (κ2) is 10.7. The fraction of sp³-hybridized carbons (Fsp3) is 0.333. The van der Waals surface area contributed by atoms with Crippen molar-refractivity contribution in [2.45, 2.75) is 51.6 Å². The maximum Gasteiger partial charge on any atom is 0.394 e. The van der Waals surface area contributed by atoms with Crippen LogP contribution in [0.1, 0.15) is 41.5 Å².